The normalized spacial score (nSPS) is 24.3. The van der Waals surface area contributed by atoms with Crippen molar-refractivity contribution >= 4 is 17.5 Å². The van der Waals surface area contributed by atoms with Gasteiger partial charge in [0.25, 0.3) is 0 Å². The summed E-state index contributed by atoms with van der Waals surface area (Å²) in [4.78, 5) is 16.9. The van der Waals surface area contributed by atoms with Crippen molar-refractivity contribution < 1.29 is 4.79 Å². The van der Waals surface area contributed by atoms with Gasteiger partial charge in [-0.2, -0.15) is 0 Å². The third kappa shape index (κ3) is 2.68. The predicted molar refractivity (Wildman–Crippen MR) is 110 cm³/mol. The van der Waals surface area contributed by atoms with E-state index in [1.165, 1.54) is 5.56 Å². The summed E-state index contributed by atoms with van der Waals surface area (Å²) in [5.74, 6) is 2.86. The van der Waals surface area contributed by atoms with Crippen LogP contribution in [0.5, 0.6) is 0 Å². The molecule has 1 aromatic carbocycles. The van der Waals surface area contributed by atoms with Crippen LogP contribution < -0.4 is 0 Å². The zero-order valence-electron chi connectivity index (χ0n) is 17.0. The fourth-order valence-electron chi connectivity index (χ4n) is 5.56. The molecular weight excluding hydrogens is 386 g/mol. The molecule has 0 N–H and O–H groups in total. The number of rotatable bonds is 2. The molecule has 7 heteroatoms. The zero-order chi connectivity index (χ0) is 20.0. The minimum atomic E-state index is -0.0495. The quantitative estimate of drug-likeness (QED) is 0.760. The van der Waals surface area contributed by atoms with Gasteiger partial charge < -0.3 is 4.90 Å². The number of nitrogens with zero attached hydrogens (tertiary/aromatic N) is 5. The summed E-state index contributed by atoms with van der Waals surface area (Å²) in [6.07, 6.45) is 4.32. The van der Waals surface area contributed by atoms with Gasteiger partial charge in [0.2, 0.25) is 5.91 Å². The Morgan fingerprint density at radius 1 is 1.17 bits per heavy atom. The highest BCUT2D eigenvalue weighted by atomic mass is 35.5. The van der Waals surface area contributed by atoms with Crippen molar-refractivity contribution in [3.05, 3.63) is 40.4 Å². The maximum absolute atomic E-state index is 12.6. The molecule has 152 valence electrons. The van der Waals surface area contributed by atoms with Crippen molar-refractivity contribution in [2.75, 3.05) is 20.1 Å². The Morgan fingerprint density at radius 3 is 2.66 bits per heavy atom. The first-order chi connectivity index (χ1) is 13.9. The predicted octanol–water partition coefficient (Wildman–Crippen LogP) is 3.37. The molecule has 0 radical (unpaired) electrons. The Hall–Kier alpha value is -1.92. The molecular formula is C22H26ClN5O. The lowest BCUT2D eigenvalue weighted by molar-refractivity contribution is -0.157. The van der Waals surface area contributed by atoms with E-state index in [4.69, 9.17) is 11.6 Å². The van der Waals surface area contributed by atoms with Crippen LogP contribution in [0.1, 0.15) is 55.7 Å². The maximum Gasteiger partial charge on any atom is 0.228 e. The van der Waals surface area contributed by atoms with Crippen molar-refractivity contribution in [1.29, 1.82) is 0 Å². The van der Waals surface area contributed by atoms with E-state index in [9.17, 15) is 4.79 Å². The van der Waals surface area contributed by atoms with Crippen LogP contribution in [0.3, 0.4) is 0 Å². The first-order valence-corrected chi connectivity index (χ1v) is 10.9. The molecule has 1 amide bonds. The molecule has 2 aromatic rings. The second kappa shape index (κ2) is 5.82. The van der Waals surface area contributed by atoms with Crippen molar-refractivity contribution in [2.24, 2.45) is 10.8 Å². The molecule has 0 unspecified atom stereocenters. The van der Waals surface area contributed by atoms with Gasteiger partial charge in [-0.1, -0.05) is 18.5 Å². The number of amides is 1. The molecule has 1 spiro atoms. The van der Waals surface area contributed by atoms with Gasteiger partial charge >= 0.3 is 0 Å². The largest absolute Gasteiger partial charge is 0.341 e. The number of hydrogen-bond donors (Lipinski definition) is 0. The van der Waals surface area contributed by atoms with Crippen LogP contribution in [0.4, 0.5) is 0 Å². The van der Waals surface area contributed by atoms with Crippen LogP contribution in [-0.2, 0) is 17.9 Å². The highest BCUT2D eigenvalue weighted by Crippen LogP contribution is 2.58. The van der Waals surface area contributed by atoms with Crippen molar-refractivity contribution in [1.82, 2.24) is 24.6 Å². The molecule has 1 saturated heterocycles. The molecule has 3 heterocycles. The molecule has 2 saturated carbocycles. The second-order valence-corrected chi connectivity index (χ2v) is 10.5. The minimum absolute atomic E-state index is 0.0495. The van der Waals surface area contributed by atoms with E-state index < -0.39 is 0 Å². The molecule has 4 aliphatic rings. The number of likely N-dealkylation sites (tertiary alicyclic amines) is 1. The maximum atomic E-state index is 12.6. The summed E-state index contributed by atoms with van der Waals surface area (Å²) in [6.45, 7) is 5.58. The van der Waals surface area contributed by atoms with Gasteiger partial charge in [0.15, 0.2) is 5.82 Å². The van der Waals surface area contributed by atoms with E-state index in [1.54, 1.807) is 0 Å². The topological polar surface area (TPSA) is 54.3 Å². The van der Waals surface area contributed by atoms with E-state index in [0.29, 0.717) is 17.2 Å². The highest BCUT2D eigenvalue weighted by Gasteiger charge is 2.58. The summed E-state index contributed by atoms with van der Waals surface area (Å²) >= 11 is 6.27. The lowest BCUT2D eigenvalue weighted by Gasteiger charge is -2.59. The van der Waals surface area contributed by atoms with Gasteiger partial charge in [-0.25, -0.2) is 0 Å². The van der Waals surface area contributed by atoms with Crippen LogP contribution in [0.15, 0.2) is 18.2 Å². The van der Waals surface area contributed by atoms with E-state index in [2.05, 4.69) is 50.7 Å². The van der Waals surface area contributed by atoms with Crippen LogP contribution in [0.2, 0.25) is 5.02 Å². The Labute approximate surface area is 175 Å². The van der Waals surface area contributed by atoms with Crippen molar-refractivity contribution in [3.8, 4) is 5.69 Å². The number of carbonyl (C=O) groups is 1. The number of benzene rings is 1. The average Bonchev–Trinajstić information content (AvgIpc) is 3.27. The Morgan fingerprint density at radius 2 is 1.93 bits per heavy atom. The van der Waals surface area contributed by atoms with Gasteiger partial charge in [-0.15, -0.1) is 10.2 Å². The summed E-state index contributed by atoms with van der Waals surface area (Å²) in [7, 11) is 2.10. The third-order valence-electron chi connectivity index (χ3n) is 7.47. The average molecular weight is 412 g/mol. The smallest absolute Gasteiger partial charge is 0.228 e. The van der Waals surface area contributed by atoms with Gasteiger partial charge in [-0.05, 0) is 56.5 Å². The fraction of sp³-hybridized carbons (Fsp3) is 0.591. The first kappa shape index (κ1) is 17.9. The summed E-state index contributed by atoms with van der Waals surface area (Å²) in [5.41, 5.74) is 2.63. The summed E-state index contributed by atoms with van der Waals surface area (Å²) in [5, 5.41) is 9.92. The van der Waals surface area contributed by atoms with Crippen molar-refractivity contribution in [3.63, 3.8) is 0 Å². The zero-order valence-corrected chi connectivity index (χ0v) is 17.7. The van der Waals surface area contributed by atoms with Gasteiger partial charge in [0.05, 0.1) is 12.2 Å². The Kier molecular flexibility index (Phi) is 3.59. The highest BCUT2D eigenvalue weighted by molar-refractivity contribution is 6.30. The lowest BCUT2D eigenvalue weighted by atomic mass is 9.57. The molecule has 2 aliphatic heterocycles. The Balaban J connectivity index is 1.24. The molecule has 6 nitrogen and oxygen atoms in total. The molecule has 2 aliphatic carbocycles. The molecule has 29 heavy (non-hydrogen) atoms. The van der Waals surface area contributed by atoms with Crippen LogP contribution in [0, 0.1) is 10.8 Å². The molecule has 0 atom stereocenters. The number of halogens is 1. The van der Waals surface area contributed by atoms with Gasteiger partial charge in [0, 0.05) is 41.4 Å². The minimum Gasteiger partial charge on any atom is -0.341 e. The summed E-state index contributed by atoms with van der Waals surface area (Å²) < 4.78 is 2.26. The molecule has 0 bridgehead atoms. The third-order valence-corrected chi connectivity index (χ3v) is 7.70. The van der Waals surface area contributed by atoms with Crippen LogP contribution in [-0.4, -0.2) is 50.6 Å². The van der Waals surface area contributed by atoms with E-state index in [1.807, 2.05) is 6.07 Å². The number of fused-ring (bicyclic) bond motifs is 3. The van der Waals surface area contributed by atoms with Crippen LogP contribution >= 0.6 is 11.6 Å². The van der Waals surface area contributed by atoms with E-state index in [0.717, 1.165) is 74.2 Å². The first-order valence-electron chi connectivity index (χ1n) is 10.6. The Bertz CT molecular complexity index is 1010. The lowest BCUT2D eigenvalue weighted by Crippen LogP contribution is -2.64. The number of carbonyl (C=O) groups excluding carboxylic acids is 1. The second-order valence-electron chi connectivity index (χ2n) is 10.1. The molecule has 3 fully saturated rings. The SMILES string of the molecule is CN1Cc2cc(Cl)ccc2-n2c(nnc2C2CC3(C2)CN(C(=O)C2(C)CC2)C3)C1. The van der Waals surface area contributed by atoms with Gasteiger partial charge in [-0.3, -0.25) is 14.3 Å². The summed E-state index contributed by atoms with van der Waals surface area (Å²) in [6, 6.07) is 6.11. The number of hydrogen-bond acceptors (Lipinski definition) is 4. The number of aromatic nitrogens is 3. The van der Waals surface area contributed by atoms with Gasteiger partial charge in [0.1, 0.15) is 5.82 Å². The standard InChI is InChI=1S/C22H26ClN5O/c1-21(5-6-21)20(29)27-12-22(13-27)8-15(9-22)19-25-24-18-11-26(2)10-14-7-16(23)3-4-17(14)28(18)19/h3-4,7,15H,5-6,8-13H2,1-2H3. The van der Waals surface area contributed by atoms with E-state index >= 15 is 0 Å². The molecule has 6 rings (SSSR count). The van der Waals surface area contributed by atoms with Crippen molar-refractivity contribution in [2.45, 2.75) is 51.6 Å². The monoisotopic (exact) mass is 411 g/mol. The van der Waals surface area contributed by atoms with Crippen LogP contribution in [0.25, 0.3) is 5.69 Å². The fourth-order valence-corrected chi connectivity index (χ4v) is 5.76. The van der Waals surface area contributed by atoms with E-state index in [-0.39, 0.29) is 5.41 Å². The molecule has 1 aromatic heterocycles.